The largest absolute Gasteiger partial charge is 0.356 e. The minimum absolute atomic E-state index is 0.0105. The minimum Gasteiger partial charge on any atom is -0.356 e. The third-order valence-corrected chi connectivity index (χ3v) is 6.25. The molecule has 0 atom stereocenters. The van der Waals surface area contributed by atoms with Gasteiger partial charge in [0, 0.05) is 33.6 Å². The first-order valence-corrected chi connectivity index (χ1v) is 11.5. The Morgan fingerprint density at radius 1 is 0.906 bits per heavy atom. The highest BCUT2D eigenvalue weighted by atomic mass is 35.5. The van der Waals surface area contributed by atoms with E-state index < -0.39 is 0 Å². The third-order valence-electron chi connectivity index (χ3n) is 5.29. The average molecular weight is 487 g/mol. The van der Waals surface area contributed by atoms with Crippen LogP contribution in [0, 0.1) is 0 Å². The van der Waals surface area contributed by atoms with E-state index in [0.29, 0.717) is 34.6 Å². The first kappa shape index (κ1) is 22.7. The van der Waals surface area contributed by atoms with E-state index in [1.54, 1.807) is 12.1 Å². The number of amides is 1. The predicted octanol–water partition coefficient (Wildman–Crippen LogP) is 6.34. The molecule has 1 heterocycles. The van der Waals surface area contributed by atoms with Gasteiger partial charge in [0.15, 0.2) is 0 Å². The molecule has 0 spiro atoms. The molecule has 3 aromatic carbocycles. The van der Waals surface area contributed by atoms with Gasteiger partial charge in [-0.3, -0.25) is 4.79 Å². The number of rotatable bonds is 8. The highest BCUT2D eigenvalue weighted by molar-refractivity contribution is 6.36. The van der Waals surface area contributed by atoms with Crippen LogP contribution in [0.15, 0.2) is 66.7 Å². The van der Waals surface area contributed by atoms with Gasteiger partial charge in [0.1, 0.15) is 5.82 Å². The second-order valence-electron chi connectivity index (χ2n) is 7.56. The molecule has 164 valence electrons. The Balaban J connectivity index is 1.42. The summed E-state index contributed by atoms with van der Waals surface area (Å²) >= 11 is 18.7. The molecule has 0 aliphatic carbocycles. The second kappa shape index (κ2) is 10.4. The molecular weight excluding hydrogens is 465 g/mol. The van der Waals surface area contributed by atoms with Gasteiger partial charge in [-0.25, -0.2) is 4.98 Å². The summed E-state index contributed by atoms with van der Waals surface area (Å²) in [7, 11) is 0. The van der Waals surface area contributed by atoms with Crippen LogP contribution in [0.2, 0.25) is 15.1 Å². The first-order chi connectivity index (χ1) is 15.5. The molecule has 0 saturated carbocycles. The lowest BCUT2D eigenvalue weighted by Gasteiger charge is -2.12. The van der Waals surface area contributed by atoms with E-state index in [-0.39, 0.29) is 5.91 Å². The van der Waals surface area contributed by atoms with Gasteiger partial charge < -0.3 is 9.88 Å². The highest BCUT2D eigenvalue weighted by Gasteiger charge is 2.14. The lowest BCUT2D eigenvalue weighted by atomic mass is 10.1. The van der Waals surface area contributed by atoms with Gasteiger partial charge in [0.2, 0.25) is 5.91 Å². The van der Waals surface area contributed by atoms with Crippen LogP contribution in [-0.2, 0) is 24.2 Å². The van der Waals surface area contributed by atoms with Gasteiger partial charge >= 0.3 is 0 Å². The molecule has 7 heteroatoms. The Labute approximate surface area is 202 Å². The molecule has 4 rings (SSSR count). The van der Waals surface area contributed by atoms with E-state index in [0.717, 1.165) is 40.8 Å². The molecule has 1 amide bonds. The maximum atomic E-state index is 12.2. The van der Waals surface area contributed by atoms with Crippen LogP contribution in [0.5, 0.6) is 0 Å². The summed E-state index contributed by atoms with van der Waals surface area (Å²) < 4.78 is 2.15. The Hall–Kier alpha value is -2.53. The lowest BCUT2D eigenvalue weighted by molar-refractivity contribution is -0.120. The average Bonchev–Trinajstić information content (AvgIpc) is 3.13. The van der Waals surface area contributed by atoms with Crippen LogP contribution in [0.1, 0.15) is 23.4 Å². The molecule has 0 aliphatic heterocycles. The van der Waals surface area contributed by atoms with Crippen molar-refractivity contribution in [1.82, 2.24) is 14.9 Å². The maximum absolute atomic E-state index is 12.2. The van der Waals surface area contributed by atoms with Crippen molar-refractivity contribution in [2.45, 2.75) is 25.8 Å². The van der Waals surface area contributed by atoms with Crippen molar-refractivity contribution in [3.63, 3.8) is 0 Å². The van der Waals surface area contributed by atoms with Crippen molar-refractivity contribution >= 4 is 51.7 Å². The zero-order chi connectivity index (χ0) is 22.5. The third kappa shape index (κ3) is 5.44. The van der Waals surface area contributed by atoms with Crippen LogP contribution < -0.4 is 5.32 Å². The van der Waals surface area contributed by atoms with Gasteiger partial charge in [-0.05, 0) is 48.4 Å². The maximum Gasteiger partial charge on any atom is 0.224 e. The minimum atomic E-state index is -0.0105. The zero-order valence-corrected chi connectivity index (χ0v) is 19.6. The first-order valence-electron chi connectivity index (χ1n) is 10.4. The fraction of sp³-hybridized carbons (Fsp3) is 0.200. The van der Waals surface area contributed by atoms with Crippen molar-refractivity contribution in [2.75, 3.05) is 6.54 Å². The molecule has 0 radical (unpaired) electrons. The zero-order valence-electron chi connectivity index (χ0n) is 17.3. The van der Waals surface area contributed by atoms with E-state index in [4.69, 9.17) is 39.8 Å². The number of fused-ring (bicyclic) bond motifs is 1. The number of carbonyl (C=O) groups is 1. The highest BCUT2D eigenvalue weighted by Crippen LogP contribution is 2.27. The van der Waals surface area contributed by atoms with E-state index >= 15 is 0 Å². The van der Waals surface area contributed by atoms with Crippen molar-refractivity contribution < 1.29 is 4.79 Å². The quantitative estimate of drug-likeness (QED) is 0.296. The standard InChI is InChI=1S/C25H22Cl3N3O/c26-18-12-10-17(11-13-18)15-25(32)29-14-4-9-24-30-22-7-1-2-8-23(22)31(24)16-19-20(27)5-3-6-21(19)28/h1-3,5-8,10-13H,4,9,14-16H2,(H,29,32). The number of nitrogens with zero attached hydrogens (tertiary/aromatic N) is 2. The smallest absolute Gasteiger partial charge is 0.224 e. The molecule has 4 aromatic rings. The van der Waals surface area contributed by atoms with Crippen LogP contribution in [-0.4, -0.2) is 22.0 Å². The molecule has 0 aliphatic rings. The fourth-order valence-electron chi connectivity index (χ4n) is 3.66. The summed E-state index contributed by atoms with van der Waals surface area (Å²) in [5, 5.41) is 4.92. The molecule has 0 saturated heterocycles. The van der Waals surface area contributed by atoms with E-state index in [1.807, 2.05) is 54.6 Å². The van der Waals surface area contributed by atoms with Crippen molar-refractivity contribution in [3.8, 4) is 0 Å². The van der Waals surface area contributed by atoms with Crippen molar-refractivity contribution in [2.24, 2.45) is 0 Å². The van der Waals surface area contributed by atoms with Crippen LogP contribution >= 0.6 is 34.8 Å². The topological polar surface area (TPSA) is 46.9 Å². The Morgan fingerprint density at radius 2 is 1.62 bits per heavy atom. The van der Waals surface area contributed by atoms with E-state index in [2.05, 4.69) is 9.88 Å². The summed E-state index contributed by atoms with van der Waals surface area (Å²) in [6, 6.07) is 20.9. The summed E-state index contributed by atoms with van der Waals surface area (Å²) in [5.41, 5.74) is 3.77. The van der Waals surface area contributed by atoms with E-state index in [9.17, 15) is 4.79 Å². The summed E-state index contributed by atoms with van der Waals surface area (Å²) in [6.45, 7) is 1.11. The summed E-state index contributed by atoms with van der Waals surface area (Å²) in [5.74, 6) is 0.929. The van der Waals surface area contributed by atoms with Gasteiger partial charge in [-0.15, -0.1) is 0 Å². The van der Waals surface area contributed by atoms with Gasteiger partial charge in [0.25, 0.3) is 0 Å². The monoisotopic (exact) mass is 485 g/mol. The number of benzene rings is 3. The van der Waals surface area contributed by atoms with Crippen molar-refractivity contribution in [3.05, 3.63) is 98.7 Å². The van der Waals surface area contributed by atoms with Crippen LogP contribution in [0.3, 0.4) is 0 Å². The van der Waals surface area contributed by atoms with Crippen LogP contribution in [0.25, 0.3) is 11.0 Å². The molecule has 1 aromatic heterocycles. The normalized spacial score (nSPS) is 11.1. The number of hydrogen-bond donors (Lipinski definition) is 1. The molecule has 1 N–H and O–H groups in total. The summed E-state index contributed by atoms with van der Waals surface area (Å²) in [4.78, 5) is 17.1. The Morgan fingerprint density at radius 3 is 2.38 bits per heavy atom. The van der Waals surface area contributed by atoms with Crippen LogP contribution in [0.4, 0.5) is 0 Å². The number of para-hydroxylation sites is 2. The Kier molecular flexibility index (Phi) is 7.36. The number of carbonyl (C=O) groups excluding carboxylic acids is 1. The Bertz CT molecular complexity index is 1210. The second-order valence-corrected chi connectivity index (χ2v) is 8.81. The number of hydrogen-bond acceptors (Lipinski definition) is 2. The predicted molar refractivity (Wildman–Crippen MR) is 132 cm³/mol. The molecule has 0 fully saturated rings. The van der Waals surface area contributed by atoms with Gasteiger partial charge in [-0.1, -0.05) is 65.1 Å². The molecular formula is C25H22Cl3N3O. The molecule has 0 bridgehead atoms. The number of halogens is 3. The van der Waals surface area contributed by atoms with Gasteiger partial charge in [-0.2, -0.15) is 0 Å². The SMILES string of the molecule is O=C(Cc1ccc(Cl)cc1)NCCCc1nc2ccccc2n1Cc1c(Cl)cccc1Cl. The number of imidazole rings is 1. The number of aryl methyl sites for hydroxylation is 1. The summed E-state index contributed by atoms with van der Waals surface area (Å²) in [6.07, 6.45) is 1.82. The van der Waals surface area contributed by atoms with Gasteiger partial charge in [0.05, 0.1) is 24.0 Å². The fourth-order valence-corrected chi connectivity index (χ4v) is 4.30. The lowest BCUT2D eigenvalue weighted by Crippen LogP contribution is -2.26. The van der Waals surface area contributed by atoms with E-state index in [1.165, 1.54) is 0 Å². The molecule has 0 unspecified atom stereocenters. The number of aromatic nitrogens is 2. The number of nitrogens with one attached hydrogen (secondary N) is 1. The molecule has 4 nitrogen and oxygen atoms in total. The van der Waals surface area contributed by atoms with Crippen molar-refractivity contribution in [1.29, 1.82) is 0 Å². The molecule has 32 heavy (non-hydrogen) atoms.